The second-order valence-corrected chi connectivity index (χ2v) is 7.71. The summed E-state index contributed by atoms with van der Waals surface area (Å²) in [5, 5.41) is 3.84. The number of para-hydroxylation sites is 1. The summed E-state index contributed by atoms with van der Waals surface area (Å²) in [6, 6.07) is 12.6. The molecule has 1 atom stereocenters. The lowest BCUT2D eigenvalue weighted by Crippen LogP contribution is -2.30. The maximum Gasteiger partial charge on any atom is 0.307 e. The predicted molar refractivity (Wildman–Crippen MR) is 115 cm³/mol. The van der Waals surface area contributed by atoms with Crippen molar-refractivity contribution in [3.05, 3.63) is 53.0 Å². The number of esters is 1. The topological polar surface area (TPSA) is 86.8 Å². The predicted octanol–water partition coefficient (Wildman–Crippen LogP) is 3.67. The molecule has 0 saturated carbocycles. The first-order valence-corrected chi connectivity index (χ1v) is 10.3. The number of amides is 1. The summed E-state index contributed by atoms with van der Waals surface area (Å²) in [4.78, 5) is 29.1. The fourth-order valence-electron chi connectivity index (χ4n) is 3.09. The summed E-state index contributed by atoms with van der Waals surface area (Å²) < 4.78 is 16.5. The molecule has 158 valence electrons. The number of rotatable bonds is 9. The number of nitrogens with one attached hydrogen (secondary N) is 1. The van der Waals surface area contributed by atoms with Crippen molar-refractivity contribution in [3.8, 4) is 11.5 Å². The molecule has 0 fully saturated rings. The third-order valence-corrected chi connectivity index (χ3v) is 5.74. The molecule has 1 unspecified atom stereocenters. The van der Waals surface area contributed by atoms with Gasteiger partial charge in [0, 0.05) is 12.8 Å². The van der Waals surface area contributed by atoms with E-state index < -0.39 is 12.0 Å². The summed E-state index contributed by atoms with van der Waals surface area (Å²) >= 11 is 1.58. The minimum Gasteiger partial charge on any atom is -0.493 e. The van der Waals surface area contributed by atoms with Crippen LogP contribution >= 0.6 is 11.3 Å². The number of nitrogens with zero attached hydrogens (tertiary/aromatic N) is 1. The Kier molecular flexibility index (Phi) is 7.24. The number of fused-ring (bicyclic) bond motifs is 1. The van der Waals surface area contributed by atoms with Crippen molar-refractivity contribution >= 4 is 33.4 Å². The van der Waals surface area contributed by atoms with Gasteiger partial charge >= 0.3 is 5.97 Å². The van der Waals surface area contributed by atoms with Crippen LogP contribution < -0.4 is 14.8 Å². The van der Waals surface area contributed by atoms with Crippen LogP contribution in [0.1, 0.15) is 29.5 Å². The molecule has 3 rings (SSSR count). The lowest BCUT2D eigenvalue weighted by molar-refractivity contribution is -0.141. The Morgan fingerprint density at radius 3 is 2.53 bits per heavy atom. The highest BCUT2D eigenvalue weighted by atomic mass is 32.1. The molecule has 3 aromatic rings. The number of hydrogen-bond acceptors (Lipinski definition) is 7. The Morgan fingerprint density at radius 1 is 1.07 bits per heavy atom. The molecule has 0 aliphatic heterocycles. The van der Waals surface area contributed by atoms with Gasteiger partial charge in [-0.05, 0) is 29.8 Å². The molecule has 2 aromatic carbocycles. The van der Waals surface area contributed by atoms with Crippen molar-refractivity contribution in [2.45, 2.75) is 25.3 Å². The van der Waals surface area contributed by atoms with E-state index in [1.165, 1.54) is 14.2 Å². The van der Waals surface area contributed by atoms with Gasteiger partial charge in [-0.2, -0.15) is 0 Å². The van der Waals surface area contributed by atoms with Crippen molar-refractivity contribution in [1.29, 1.82) is 0 Å². The van der Waals surface area contributed by atoms with Gasteiger partial charge in [-0.25, -0.2) is 4.98 Å². The Labute approximate surface area is 179 Å². The smallest absolute Gasteiger partial charge is 0.307 e. The zero-order valence-corrected chi connectivity index (χ0v) is 18.0. The van der Waals surface area contributed by atoms with E-state index in [0.29, 0.717) is 17.9 Å². The molecular formula is C22H24N2O5S. The molecule has 8 heteroatoms. The number of aryl methyl sites for hydroxylation is 1. The van der Waals surface area contributed by atoms with Crippen molar-refractivity contribution < 1.29 is 23.8 Å². The molecule has 1 amide bonds. The van der Waals surface area contributed by atoms with E-state index in [0.717, 1.165) is 20.8 Å². The number of aromatic nitrogens is 1. The minimum absolute atomic E-state index is 0.0128. The second-order valence-electron chi connectivity index (χ2n) is 6.59. The average Bonchev–Trinajstić information content (AvgIpc) is 3.19. The third kappa shape index (κ3) is 5.27. The van der Waals surface area contributed by atoms with Gasteiger partial charge in [-0.3, -0.25) is 9.59 Å². The van der Waals surface area contributed by atoms with E-state index in [1.54, 1.807) is 36.6 Å². The van der Waals surface area contributed by atoms with Crippen molar-refractivity contribution in [2.24, 2.45) is 0 Å². The van der Waals surface area contributed by atoms with E-state index in [1.807, 2.05) is 24.3 Å². The third-order valence-electron chi connectivity index (χ3n) is 4.65. The maximum absolute atomic E-state index is 12.6. The van der Waals surface area contributed by atoms with Gasteiger partial charge < -0.3 is 19.5 Å². The number of hydrogen-bond donors (Lipinski definition) is 1. The largest absolute Gasteiger partial charge is 0.493 e. The lowest BCUT2D eigenvalue weighted by Gasteiger charge is -2.19. The van der Waals surface area contributed by atoms with E-state index in [4.69, 9.17) is 14.2 Å². The molecule has 1 heterocycles. The van der Waals surface area contributed by atoms with Crippen molar-refractivity contribution in [1.82, 2.24) is 10.3 Å². The van der Waals surface area contributed by atoms with E-state index in [9.17, 15) is 9.59 Å². The lowest BCUT2D eigenvalue weighted by atomic mass is 10.0. The van der Waals surface area contributed by atoms with Crippen LogP contribution in [-0.4, -0.2) is 38.2 Å². The van der Waals surface area contributed by atoms with E-state index in [2.05, 4.69) is 10.3 Å². The molecule has 0 bridgehead atoms. The standard InChI is InChI=1S/C22H24N2O5S/c1-27-17-9-8-14(12-18(17)28-2)16(13-22(26)29-3)23-20(25)10-11-21-24-15-6-4-5-7-19(15)30-21/h4-9,12,16H,10-11,13H2,1-3H3,(H,23,25). The highest BCUT2D eigenvalue weighted by molar-refractivity contribution is 7.18. The number of benzene rings is 2. The first-order chi connectivity index (χ1) is 14.5. The SMILES string of the molecule is COC(=O)CC(NC(=O)CCc1nc2ccccc2s1)c1ccc(OC)c(OC)c1. The first-order valence-electron chi connectivity index (χ1n) is 9.46. The average molecular weight is 429 g/mol. The van der Waals surface area contributed by atoms with Crippen LogP contribution in [-0.2, 0) is 20.7 Å². The van der Waals surface area contributed by atoms with Crippen LogP contribution in [0.15, 0.2) is 42.5 Å². The van der Waals surface area contributed by atoms with Crippen LogP contribution in [0.4, 0.5) is 0 Å². The fourth-order valence-corrected chi connectivity index (χ4v) is 4.05. The Bertz CT molecular complexity index is 1000. The van der Waals surface area contributed by atoms with Gasteiger partial charge in [0.1, 0.15) is 0 Å². The second kappa shape index (κ2) is 10.1. The van der Waals surface area contributed by atoms with Crippen molar-refractivity contribution in [3.63, 3.8) is 0 Å². The zero-order chi connectivity index (χ0) is 21.5. The Balaban J connectivity index is 1.70. The molecule has 1 aromatic heterocycles. The number of thiazole rings is 1. The number of ether oxygens (including phenoxy) is 3. The monoisotopic (exact) mass is 428 g/mol. The Morgan fingerprint density at radius 2 is 1.83 bits per heavy atom. The summed E-state index contributed by atoms with van der Waals surface area (Å²) in [6.07, 6.45) is 0.811. The van der Waals surface area contributed by atoms with Gasteiger partial charge in [0.2, 0.25) is 5.91 Å². The summed E-state index contributed by atoms with van der Waals surface area (Å²) in [6.45, 7) is 0. The number of carbonyl (C=O) groups is 2. The van der Waals surface area contributed by atoms with Gasteiger partial charge in [-0.1, -0.05) is 18.2 Å². The van der Waals surface area contributed by atoms with Crippen LogP contribution in [0.2, 0.25) is 0 Å². The van der Waals surface area contributed by atoms with Crippen molar-refractivity contribution in [2.75, 3.05) is 21.3 Å². The molecule has 0 spiro atoms. The molecular weight excluding hydrogens is 404 g/mol. The van der Waals surface area contributed by atoms with Gasteiger partial charge in [0.25, 0.3) is 0 Å². The molecule has 0 saturated heterocycles. The Hall–Kier alpha value is -3.13. The number of methoxy groups -OCH3 is 3. The van der Waals surface area contributed by atoms with Gasteiger partial charge in [0.15, 0.2) is 11.5 Å². The molecule has 0 aliphatic carbocycles. The molecule has 30 heavy (non-hydrogen) atoms. The highest BCUT2D eigenvalue weighted by Gasteiger charge is 2.21. The zero-order valence-electron chi connectivity index (χ0n) is 17.1. The van der Waals surface area contributed by atoms with Gasteiger partial charge in [-0.15, -0.1) is 11.3 Å². The molecule has 0 aliphatic rings. The van der Waals surface area contributed by atoms with Crippen LogP contribution in [0.5, 0.6) is 11.5 Å². The van der Waals surface area contributed by atoms with Crippen LogP contribution in [0, 0.1) is 0 Å². The minimum atomic E-state index is -0.542. The van der Waals surface area contributed by atoms with Gasteiger partial charge in [0.05, 0.1) is 49.0 Å². The summed E-state index contributed by atoms with van der Waals surface area (Å²) in [5.41, 5.74) is 1.66. The quantitative estimate of drug-likeness (QED) is 0.524. The molecule has 7 nitrogen and oxygen atoms in total. The first kappa shape index (κ1) is 21.6. The summed E-state index contributed by atoms with van der Waals surface area (Å²) in [7, 11) is 4.41. The van der Waals surface area contributed by atoms with Crippen LogP contribution in [0.25, 0.3) is 10.2 Å². The summed E-state index contributed by atoms with van der Waals surface area (Å²) in [5.74, 6) is 0.507. The normalized spacial score (nSPS) is 11.7. The maximum atomic E-state index is 12.6. The molecule has 0 radical (unpaired) electrons. The molecule has 1 N–H and O–H groups in total. The fraction of sp³-hybridized carbons (Fsp3) is 0.318. The van der Waals surface area contributed by atoms with Crippen LogP contribution in [0.3, 0.4) is 0 Å². The number of carbonyl (C=O) groups excluding carboxylic acids is 2. The van der Waals surface area contributed by atoms with E-state index >= 15 is 0 Å². The highest BCUT2D eigenvalue weighted by Crippen LogP contribution is 2.31. The van der Waals surface area contributed by atoms with E-state index in [-0.39, 0.29) is 18.7 Å².